The number of hydrogen-bond acceptors (Lipinski definition) is 3. The molecular weight excluding hydrogens is 240 g/mol. The lowest BCUT2D eigenvalue weighted by molar-refractivity contribution is -0.134. The van der Waals surface area contributed by atoms with Crippen molar-refractivity contribution < 1.29 is 9.53 Å². The Kier molecular flexibility index (Phi) is 6.36. The molecular formula is C15H24N2O2. The van der Waals surface area contributed by atoms with E-state index in [9.17, 15) is 4.79 Å². The Balaban J connectivity index is 2.70. The molecule has 0 aliphatic heterocycles. The maximum absolute atomic E-state index is 12.2. The number of para-hydroxylation sites is 1. The second-order valence-corrected chi connectivity index (χ2v) is 4.69. The molecule has 1 aromatic carbocycles. The van der Waals surface area contributed by atoms with Crippen molar-refractivity contribution in [2.75, 3.05) is 27.2 Å². The van der Waals surface area contributed by atoms with Crippen molar-refractivity contribution in [3.63, 3.8) is 0 Å². The summed E-state index contributed by atoms with van der Waals surface area (Å²) in [6, 6.07) is 7.85. The zero-order chi connectivity index (χ0) is 14.3. The Hall–Kier alpha value is -1.55. The summed E-state index contributed by atoms with van der Waals surface area (Å²) in [5, 5.41) is 3.03. The van der Waals surface area contributed by atoms with Gasteiger partial charge in [-0.2, -0.15) is 0 Å². The van der Waals surface area contributed by atoms with Gasteiger partial charge in [0.05, 0.1) is 6.61 Å². The highest BCUT2D eigenvalue weighted by molar-refractivity contribution is 5.78. The van der Waals surface area contributed by atoms with Gasteiger partial charge in [0.25, 0.3) is 0 Å². The lowest BCUT2D eigenvalue weighted by atomic mass is 10.1. The molecule has 0 radical (unpaired) electrons. The lowest BCUT2D eigenvalue weighted by Crippen LogP contribution is -2.35. The molecule has 0 aliphatic rings. The number of rotatable bonds is 7. The molecule has 1 N–H and O–H groups in total. The van der Waals surface area contributed by atoms with Gasteiger partial charge in [0.2, 0.25) is 5.91 Å². The molecule has 106 valence electrons. The Morgan fingerprint density at radius 3 is 2.74 bits per heavy atom. The van der Waals surface area contributed by atoms with Crippen molar-refractivity contribution >= 4 is 5.91 Å². The summed E-state index contributed by atoms with van der Waals surface area (Å²) in [4.78, 5) is 13.9. The topological polar surface area (TPSA) is 41.6 Å². The molecule has 0 fully saturated rings. The summed E-state index contributed by atoms with van der Waals surface area (Å²) in [6.45, 7) is 5.79. The normalized spacial score (nSPS) is 12.0. The first-order valence-electron chi connectivity index (χ1n) is 6.70. The first kappa shape index (κ1) is 15.5. The van der Waals surface area contributed by atoms with E-state index >= 15 is 0 Å². The second-order valence-electron chi connectivity index (χ2n) is 4.69. The van der Waals surface area contributed by atoms with Gasteiger partial charge in [0.15, 0.2) is 0 Å². The number of ether oxygens (including phenoxy) is 1. The zero-order valence-electron chi connectivity index (χ0n) is 12.3. The fraction of sp³-hybridized carbons (Fsp3) is 0.533. The summed E-state index contributed by atoms with van der Waals surface area (Å²) in [5.74, 6) is 0.973. The van der Waals surface area contributed by atoms with E-state index < -0.39 is 0 Å². The lowest BCUT2D eigenvalue weighted by Gasteiger charge is -2.22. The van der Waals surface area contributed by atoms with E-state index in [0.29, 0.717) is 19.7 Å². The highest BCUT2D eigenvalue weighted by Gasteiger charge is 2.17. The quantitative estimate of drug-likeness (QED) is 0.818. The maximum atomic E-state index is 12.2. The monoisotopic (exact) mass is 264 g/mol. The second kappa shape index (κ2) is 7.79. The van der Waals surface area contributed by atoms with Gasteiger partial charge in [-0.05, 0) is 20.0 Å². The van der Waals surface area contributed by atoms with E-state index in [1.165, 1.54) is 0 Å². The van der Waals surface area contributed by atoms with Crippen LogP contribution < -0.4 is 10.1 Å². The molecule has 0 aliphatic carbocycles. The minimum atomic E-state index is -0.0192. The maximum Gasteiger partial charge on any atom is 0.226 e. The summed E-state index contributed by atoms with van der Waals surface area (Å²) in [7, 11) is 3.69. The number of carbonyl (C=O) groups excluding carboxylic acids is 1. The van der Waals surface area contributed by atoms with Crippen LogP contribution in [0, 0.1) is 5.92 Å². The van der Waals surface area contributed by atoms with Gasteiger partial charge in [0, 0.05) is 31.6 Å². The summed E-state index contributed by atoms with van der Waals surface area (Å²) >= 11 is 0. The Morgan fingerprint density at radius 1 is 1.42 bits per heavy atom. The minimum Gasteiger partial charge on any atom is -0.494 e. The van der Waals surface area contributed by atoms with Crippen LogP contribution in [0.2, 0.25) is 0 Å². The molecule has 0 bridgehead atoms. The summed E-state index contributed by atoms with van der Waals surface area (Å²) in [6.07, 6.45) is 0. The van der Waals surface area contributed by atoms with Crippen molar-refractivity contribution in [2.45, 2.75) is 20.4 Å². The Bertz CT molecular complexity index is 407. The third kappa shape index (κ3) is 4.56. The molecule has 1 aromatic rings. The highest BCUT2D eigenvalue weighted by Crippen LogP contribution is 2.20. The van der Waals surface area contributed by atoms with Gasteiger partial charge in [-0.25, -0.2) is 0 Å². The van der Waals surface area contributed by atoms with E-state index in [0.717, 1.165) is 11.3 Å². The van der Waals surface area contributed by atoms with Crippen molar-refractivity contribution in [3.8, 4) is 5.75 Å². The summed E-state index contributed by atoms with van der Waals surface area (Å²) in [5.41, 5.74) is 1.04. The molecule has 0 saturated carbocycles. The van der Waals surface area contributed by atoms with Gasteiger partial charge >= 0.3 is 0 Å². The van der Waals surface area contributed by atoms with Gasteiger partial charge in [-0.1, -0.05) is 25.1 Å². The Labute approximate surface area is 115 Å². The smallest absolute Gasteiger partial charge is 0.226 e. The van der Waals surface area contributed by atoms with Crippen LogP contribution in [0.1, 0.15) is 19.4 Å². The van der Waals surface area contributed by atoms with Gasteiger partial charge in [0.1, 0.15) is 5.75 Å². The molecule has 0 aromatic heterocycles. The van der Waals surface area contributed by atoms with E-state index in [-0.39, 0.29) is 11.8 Å². The number of nitrogens with one attached hydrogen (secondary N) is 1. The number of amides is 1. The van der Waals surface area contributed by atoms with E-state index in [1.807, 2.05) is 52.2 Å². The average molecular weight is 264 g/mol. The van der Waals surface area contributed by atoms with Crippen molar-refractivity contribution in [1.82, 2.24) is 10.2 Å². The first-order chi connectivity index (χ1) is 9.10. The third-order valence-corrected chi connectivity index (χ3v) is 2.99. The van der Waals surface area contributed by atoms with Gasteiger partial charge in [-0.3, -0.25) is 4.79 Å². The predicted octanol–water partition coefficient (Wildman–Crippen LogP) is 1.90. The van der Waals surface area contributed by atoms with Crippen LogP contribution in [0.4, 0.5) is 0 Å². The van der Waals surface area contributed by atoms with E-state index in [2.05, 4.69) is 5.32 Å². The number of benzene rings is 1. The standard InChI is InChI=1S/C15H24N2O2/c1-5-19-14-9-7-6-8-13(14)11-17(4)15(18)12(2)10-16-3/h6-9,12,16H,5,10-11H2,1-4H3. The largest absolute Gasteiger partial charge is 0.494 e. The van der Waals surface area contributed by atoms with Crippen LogP contribution in [-0.2, 0) is 11.3 Å². The van der Waals surface area contributed by atoms with Crippen LogP contribution in [-0.4, -0.2) is 38.1 Å². The van der Waals surface area contributed by atoms with Crippen molar-refractivity contribution in [1.29, 1.82) is 0 Å². The fourth-order valence-electron chi connectivity index (χ4n) is 2.03. The van der Waals surface area contributed by atoms with E-state index in [4.69, 9.17) is 4.74 Å². The fourth-order valence-corrected chi connectivity index (χ4v) is 2.03. The number of carbonyl (C=O) groups is 1. The van der Waals surface area contributed by atoms with E-state index in [1.54, 1.807) is 4.90 Å². The molecule has 1 unspecified atom stereocenters. The minimum absolute atomic E-state index is 0.0192. The molecule has 19 heavy (non-hydrogen) atoms. The van der Waals surface area contributed by atoms with Crippen molar-refractivity contribution in [2.24, 2.45) is 5.92 Å². The SMILES string of the molecule is CCOc1ccccc1CN(C)C(=O)C(C)CNC. The molecule has 1 atom stereocenters. The summed E-state index contributed by atoms with van der Waals surface area (Å²) < 4.78 is 5.58. The van der Waals surface area contributed by atoms with Gasteiger partial charge in [-0.15, -0.1) is 0 Å². The molecule has 1 rings (SSSR count). The molecule has 4 heteroatoms. The predicted molar refractivity (Wildman–Crippen MR) is 77.2 cm³/mol. The van der Waals surface area contributed by atoms with Crippen LogP contribution in [0.25, 0.3) is 0 Å². The van der Waals surface area contributed by atoms with Crippen molar-refractivity contribution in [3.05, 3.63) is 29.8 Å². The highest BCUT2D eigenvalue weighted by atomic mass is 16.5. The zero-order valence-corrected chi connectivity index (χ0v) is 12.3. The van der Waals surface area contributed by atoms with Crippen LogP contribution >= 0.6 is 0 Å². The third-order valence-electron chi connectivity index (χ3n) is 2.99. The molecule has 0 spiro atoms. The number of hydrogen-bond donors (Lipinski definition) is 1. The molecule has 4 nitrogen and oxygen atoms in total. The molecule has 1 amide bonds. The van der Waals surface area contributed by atoms with Crippen LogP contribution in [0.5, 0.6) is 5.75 Å². The molecule has 0 heterocycles. The first-order valence-corrected chi connectivity index (χ1v) is 6.70. The van der Waals surface area contributed by atoms with Gasteiger partial charge < -0.3 is 15.0 Å². The molecule has 0 saturated heterocycles. The van der Waals surface area contributed by atoms with Crippen LogP contribution in [0.3, 0.4) is 0 Å². The number of nitrogens with zero attached hydrogens (tertiary/aromatic N) is 1. The van der Waals surface area contributed by atoms with Crippen LogP contribution in [0.15, 0.2) is 24.3 Å². The average Bonchev–Trinajstić information content (AvgIpc) is 2.40. The Morgan fingerprint density at radius 2 is 2.11 bits per heavy atom.